The summed E-state index contributed by atoms with van der Waals surface area (Å²) in [6.45, 7) is 3.76. The van der Waals surface area contributed by atoms with Crippen molar-refractivity contribution in [1.82, 2.24) is 15.0 Å². The Bertz CT molecular complexity index is 986. The molecule has 28 heavy (non-hydrogen) atoms. The Labute approximate surface area is 163 Å². The zero-order valence-electron chi connectivity index (χ0n) is 15.9. The lowest BCUT2D eigenvalue weighted by atomic mass is 9.92. The molecule has 4 rings (SSSR count). The highest BCUT2D eigenvalue weighted by atomic mass is 19.1. The summed E-state index contributed by atoms with van der Waals surface area (Å²) in [5, 5.41) is 3.95. The Morgan fingerprint density at radius 1 is 1.36 bits per heavy atom. The van der Waals surface area contributed by atoms with Crippen molar-refractivity contribution in [3.05, 3.63) is 48.2 Å². The summed E-state index contributed by atoms with van der Waals surface area (Å²) in [7, 11) is 0. The molecule has 1 fully saturated rings. The molecule has 3 aromatic rings. The van der Waals surface area contributed by atoms with Crippen molar-refractivity contribution in [3.8, 4) is 0 Å². The number of hydrogen-bond donors (Lipinski definition) is 2. The molecule has 0 aliphatic carbocycles. The van der Waals surface area contributed by atoms with Gasteiger partial charge < -0.3 is 15.2 Å². The average molecular weight is 381 g/mol. The number of piperidine rings is 1. The van der Waals surface area contributed by atoms with E-state index in [0.717, 1.165) is 48.3 Å². The van der Waals surface area contributed by atoms with Gasteiger partial charge in [0.1, 0.15) is 23.6 Å². The highest BCUT2D eigenvalue weighted by Crippen LogP contribution is 2.28. The molecule has 3 heterocycles. The van der Waals surface area contributed by atoms with Gasteiger partial charge in [-0.15, -0.1) is 0 Å². The molecule has 146 valence electrons. The fraction of sp³-hybridized carbons (Fsp3) is 0.381. The number of hydrogen-bond acceptors (Lipinski definition) is 5. The van der Waals surface area contributed by atoms with Crippen molar-refractivity contribution in [3.63, 3.8) is 0 Å². The van der Waals surface area contributed by atoms with Gasteiger partial charge in [-0.05, 0) is 49.4 Å². The van der Waals surface area contributed by atoms with E-state index in [1.165, 1.54) is 6.07 Å². The molecule has 2 aromatic heterocycles. The zero-order valence-corrected chi connectivity index (χ0v) is 15.9. The van der Waals surface area contributed by atoms with Crippen LogP contribution < -0.4 is 10.2 Å². The fourth-order valence-corrected chi connectivity index (χ4v) is 3.90. The van der Waals surface area contributed by atoms with Gasteiger partial charge in [-0.25, -0.2) is 14.4 Å². The van der Waals surface area contributed by atoms with Gasteiger partial charge in [0, 0.05) is 25.7 Å². The van der Waals surface area contributed by atoms with Crippen LogP contribution in [0.5, 0.6) is 0 Å². The smallest absolute Gasteiger partial charge is 0.152 e. The number of carbonyl (C=O) groups excluding carboxylic acids is 1. The lowest BCUT2D eigenvalue weighted by Crippen LogP contribution is -2.37. The molecule has 1 aromatic carbocycles. The number of H-pyrrole nitrogens is 1. The molecule has 1 atom stereocenters. The second kappa shape index (κ2) is 7.96. The zero-order chi connectivity index (χ0) is 19.5. The van der Waals surface area contributed by atoms with E-state index in [2.05, 4.69) is 25.2 Å². The number of benzene rings is 1. The van der Waals surface area contributed by atoms with E-state index in [4.69, 9.17) is 0 Å². The third-order valence-electron chi connectivity index (χ3n) is 5.27. The molecule has 1 aliphatic rings. The molecule has 1 aliphatic heterocycles. The first kappa shape index (κ1) is 18.4. The molecule has 7 heteroatoms. The quantitative estimate of drug-likeness (QED) is 0.681. The minimum absolute atomic E-state index is 0.0993. The van der Waals surface area contributed by atoms with Crippen LogP contribution in [0.3, 0.4) is 0 Å². The molecule has 6 nitrogen and oxygen atoms in total. The van der Waals surface area contributed by atoms with Gasteiger partial charge in [-0.3, -0.25) is 4.79 Å². The van der Waals surface area contributed by atoms with Crippen LogP contribution in [0, 0.1) is 18.7 Å². The van der Waals surface area contributed by atoms with Crippen LogP contribution in [0.2, 0.25) is 0 Å². The summed E-state index contributed by atoms with van der Waals surface area (Å²) in [6, 6.07) is 6.85. The summed E-state index contributed by atoms with van der Waals surface area (Å²) < 4.78 is 13.8. The number of fused-ring (bicyclic) bond motifs is 1. The second-order valence-electron chi connectivity index (χ2n) is 7.47. The summed E-state index contributed by atoms with van der Waals surface area (Å²) >= 11 is 0. The maximum Gasteiger partial charge on any atom is 0.152 e. The molecule has 2 N–H and O–H groups in total. The van der Waals surface area contributed by atoms with Crippen molar-refractivity contribution in [2.45, 2.75) is 26.2 Å². The second-order valence-corrected chi connectivity index (χ2v) is 7.47. The van der Waals surface area contributed by atoms with E-state index in [-0.39, 0.29) is 24.1 Å². The third kappa shape index (κ3) is 3.98. The number of Topliss-reactive ketones (excluding diaryl/α,β-unsaturated/α-hetero) is 1. The predicted octanol–water partition coefficient (Wildman–Crippen LogP) is 3.69. The topological polar surface area (TPSA) is 73.9 Å². The van der Waals surface area contributed by atoms with Gasteiger partial charge >= 0.3 is 0 Å². The molecule has 0 radical (unpaired) electrons. The minimum atomic E-state index is -0.332. The van der Waals surface area contributed by atoms with Crippen LogP contribution in [0.25, 0.3) is 11.0 Å². The summed E-state index contributed by atoms with van der Waals surface area (Å²) in [5.74, 6) is 0.960. The van der Waals surface area contributed by atoms with E-state index < -0.39 is 0 Å². The molecular weight excluding hydrogens is 357 g/mol. The number of anilines is 2. The Morgan fingerprint density at radius 3 is 3.14 bits per heavy atom. The van der Waals surface area contributed by atoms with Crippen LogP contribution >= 0.6 is 0 Å². The first-order valence-electron chi connectivity index (χ1n) is 9.65. The van der Waals surface area contributed by atoms with Crippen LogP contribution in [0.4, 0.5) is 15.9 Å². The molecule has 0 amide bonds. The van der Waals surface area contributed by atoms with Gasteiger partial charge in [-0.1, -0.05) is 6.07 Å². The Hall–Kier alpha value is -2.96. The van der Waals surface area contributed by atoms with E-state index >= 15 is 0 Å². The number of aryl methyl sites for hydroxylation is 1. The first-order chi connectivity index (χ1) is 13.6. The highest BCUT2D eigenvalue weighted by Gasteiger charge is 2.24. The number of nitrogens with one attached hydrogen (secondary N) is 2. The minimum Gasteiger partial charge on any atom is -0.376 e. The van der Waals surface area contributed by atoms with Crippen LogP contribution in [-0.4, -0.2) is 40.4 Å². The van der Waals surface area contributed by atoms with Crippen LogP contribution in [0.15, 0.2) is 36.8 Å². The molecule has 1 saturated heterocycles. The Morgan fingerprint density at radius 2 is 2.25 bits per heavy atom. The summed E-state index contributed by atoms with van der Waals surface area (Å²) in [4.78, 5) is 26.5. The number of aromatic amines is 1. The number of ketones is 1. The van der Waals surface area contributed by atoms with Gasteiger partial charge in [0.05, 0.1) is 17.6 Å². The van der Waals surface area contributed by atoms with Crippen molar-refractivity contribution in [2.24, 2.45) is 5.92 Å². The average Bonchev–Trinajstić information content (AvgIpc) is 3.18. The predicted molar refractivity (Wildman–Crippen MR) is 108 cm³/mol. The molecule has 0 saturated carbocycles. The van der Waals surface area contributed by atoms with E-state index in [1.807, 2.05) is 19.2 Å². The highest BCUT2D eigenvalue weighted by molar-refractivity contribution is 5.87. The number of aromatic nitrogens is 3. The molecule has 0 spiro atoms. The van der Waals surface area contributed by atoms with Crippen molar-refractivity contribution in [2.75, 3.05) is 29.9 Å². The number of halogens is 1. The normalized spacial score (nSPS) is 17.1. The number of rotatable bonds is 6. The lowest BCUT2D eigenvalue weighted by Gasteiger charge is -2.33. The standard InChI is InChI=1S/C21H24FN5O/c1-14-4-5-18(22)19(9-14)24-11-16(28)10-15-3-2-8-27(12-15)21-17-6-7-23-20(17)25-13-26-21/h4-7,9,13,15,24H,2-3,8,10-12H2,1H3,(H,23,25,26)/t15-/m0/s1. The SMILES string of the molecule is Cc1ccc(F)c(NCC(=O)C[C@@H]2CCCN(c3ncnc4[nH]ccc34)C2)c1. The Balaban J connectivity index is 1.36. The Kier molecular flexibility index (Phi) is 5.23. The van der Waals surface area contributed by atoms with E-state index in [9.17, 15) is 9.18 Å². The molecular formula is C21H24FN5O. The van der Waals surface area contributed by atoms with Crippen LogP contribution in [-0.2, 0) is 4.79 Å². The van der Waals surface area contributed by atoms with Gasteiger partial charge in [0.25, 0.3) is 0 Å². The lowest BCUT2D eigenvalue weighted by molar-refractivity contribution is -0.118. The van der Waals surface area contributed by atoms with Crippen molar-refractivity contribution in [1.29, 1.82) is 0 Å². The fourth-order valence-electron chi connectivity index (χ4n) is 3.90. The first-order valence-corrected chi connectivity index (χ1v) is 9.65. The summed E-state index contributed by atoms with van der Waals surface area (Å²) in [6.07, 6.45) is 5.96. The van der Waals surface area contributed by atoms with Crippen LogP contribution in [0.1, 0.15) is 24.8 Å². The third-order valence-corrected chi connectivity index (χ3v) is 5.27. The van der Waals surface area contributed by atoms with Crippen molar-refractivity contribution < 1.29 is 9.18 Å². The largest absolute Gasteiger partial charge is 0.376 e. The van der Waals surface area contributed by atoms with Gasteiger partial charge in [0.15, 0.2) is 5.78 Å². The number of carbonyl (C=O) groups is 1. The monoisotopic (exact) mass is 381 g/mol. The van der Waals surface area contributed by atoms with Crippen molar-refractivity contribution >= 4 is 28.3 Å². The van der Waals surface area contributed by atoms with Gasteiger partial charge in [0.2, 0.25) is 0 Å². The molecule has 0 unspecified atom stereocenters. The number of nitrogens with zero attached hydrogens (tertiary/aromatic N) is 3. The maximum atomic E-state index is 13.8. The summed E-state index contributed by atoms with van der Waals surface area (Å²) in [5.41, 5.74) is 2.17. The van der Waals surface area contributed by atoms with E-state index in [0.29, 0.717) is 12.1 Å². The van der Waals surface area contributed by atoms with Gasteiger partial charge in [-0.2, -0.15) is 0 Å². The maximum absolute atomic E-state index is 13.8. The van der Waals surface area contributed by atoms with E-state index in [1.54, 1.807) is 18.5 Å². The molecule has 0 bridgehead atoms.